The lowest BCUT2D eigenvalue weighted by Gasteiger charge is -2.28. The van der Waals surface area contributed by atoms with E-state index in [9.17, 15) is 9.59 Å². The molecule has 0 saturated carbocycles. The van der Waals surface area contributed by atoms with Gasteiger partial charge in [0.2, 0.25) is 0 Å². The second kappa shape index (κ2) is 8.04. The van der Waals surface area contributed by atoms with Crippen LogP contribution < -0.4 is 10.2 Å². The minimum absolute atomic E-state index is 0.479. The predicted molar refractivity (Wildman–Crippen MR) is 104 cm³/mol. The summed E-state index contributed by atoms with van der Waals surface area (Å²) in [4.78, 5) is 28.7. The molecule has 1 aliphatic rings. The van der Waals surface area contributed by atoms with Gasteiger partial charge in [0.25, 0.3) is 0 Å². The molecule has 136 valence electrons. The predicted octanol–water partition coefficient (Wildman–Crippen LogP) is 3.06. The van der Waals surface area contributed by atoms with Crippen molar-refractivity contribution in [1.29, 1.82) is 0 Å². The van der Waals surface area contributed by atoms with Crippen LogP contribution in [0.1, 0.15) is 25.0 Å². The van der Waals surface area contributed by atoms with Gasteiger partial charge in [0.1, 0.15) is 0 Å². The van der Waals surface area contributed by atoms with E-state index in [-0.39, 0.29) is 0 Å². The molecule has 5 heteroatoms. The number of hydrogen-bond acceptors (Lipinski definition) is 3. The van der Waals surface area contributed by atoms with E-state index >= 15 is 0 Å². The van der Waals surface area contributed by atoms with Gasteiger partial charge in [-0.05, 0) is 55.7 Å². The van der Waals surface area contributed by atoms with Gasteiger partial charge in [-0.3, -0.25) is 9.59 Å². The fraction of sp³-hybridized carbons (Fsp3) is 0.333. The van der Waals surface area contributed by atoms with Crippen LogP contribution in [0.5, 0.6) is 0 Å². The molecule has 1 aliphatic heterocycles. The van der Waals surface area contributed by atoms with Crippen molar-refractivity contribution >= 4 is 23.2 Å². The number of fused-ring (bicyclic) bond motifs is 1. The number of nitrogens with one attached hydrogen (secondary N) is 1. The SMILES string of the molecule is CCN(CC)c1ccc(NC(=O)C(=O)N2CCc3ccccc3C2)cc1. The normalized spacial score (nSPS) is 13.1. The van der Waals surface area contributed by atoms with Gasteiger partial charge in [-0.15, -0.1) is 0 Å². The third kappa shape index (κ3) is 3.87. The van der Waals surface area contributed by atoms with Crippen LogP contribution in [-0.4, -0.2) is 36.3 Å². The van der Waals surface area contributed by atoms with Crippen molar-refractivity contribution in [2.24, 2.45) is 0 Å². The highest BCUT2D eigenvalue weighted by atomic mass is 16.2. The van der Waals surface area contributed by atoms with Crippen LogP contribution in [0.25, 0.3) is 0 Å². The summed E-state index contributed by atoms with van der Waals surface area (Å²) in [5, 5.41) is 2.72. The molecule has 2 aromatic rings. The number of hydrogen-bond donors (Lipinski definition) is 1. The van der Waals surface area contributed by atoms with E-state index in [1.54, 1.807) is 4.90 Å². The molecule has 1 heterocycles. The Bertz CT molecular complexity index is 782. The second-order valence-corrected chi connectivity index (χ2v) is 6.42. The van der Waals surface area contributed by atoms with Crippen molar-refractivity contribution in [2.45, 2.75) is 26.8 Å². The summed E-state index contributed by atoms with van der Waals surface area (Å²) < 4.78 is 0. The molecule has 2 aromatic carbocycles. The van der Waals surface area contributed by atoms with E-state index in [0.717, 1.165) is 30.8 Å². The number of amides is 2. The van der Waals surface area contributed by atoms with Crippen LogP contribution >= 0.6 is 0 Å². The topological polar surface area (TPSA) is 52.7 Å². The standard InChI is InChI=1S/C21H25N3O2/c1-3-23(4-2)19-11-9-18(10-12-19)22-20(25)21(26)24-14-13-16-7-5-6-8-17(16)15-24/h5-12H,3-4,13-15H2,1-2H3,(H,22,25). The Kier molecular flexibility index (Phi) is 5.56. The monoisotopic (exact) mass is 351 g/mol. The molecule has 5 nitrogen and oxygen atoms in total. The number of rotatable bonds is 4. The van der Waals surface area contributed by atoms with Gasteiger partial charge in [0.15, 0.2) is 0 Å². The largest absolute Gasteiger partial charge is 0.372 e. The Morgan fingerprint density at radius 2 is 1.65 bits per heavy atom. The molecule has 3 rings (SSSR count). The van der Waals surface area contributed by atoms with Gasteiger partial charge in [-0.25, -0.2) is 0 Å². The minimum atomic E-state index is -0.583. The highest BCUT2D eigenvalue weighted by molar-refractivity contribution is 6.39. The number of anilines is 2. The lowest BCUT2D eigenvalue weighted by molar-refractivity contribution is -0.143. The molecule has 0 aliphatic carbocycles. The maximum absolute atomic E-state index is 12.5. The van der Waals surface area contributed by atoms with Crippen molar-refractivity contribution in [3.05, 3.63) is 59.7 Å². The van der Waals surface area contributed by atoms with E-state index in [1.807, 2.05) is 42.5 Å². The van der Waals surface area contributed by atoms with E-state index < -0.39 is 11.8 Å². The van der Waals surface area contributed by atoms with Crippen LogP contribution in [0.3, 0.4) is 0 Å². The molecule has 2 amide bonds. The van der Waals surface area contributed by atoms with Crippen molar-refractivity contribution < 1.29 is 9.59 Å². The molecular formula is C21H25N3O2. The van der Waals surface area contributed by atoms with Crippen LogP contribution in [0.15, 0.2) is 48.5 Å². The zero-order chi connectivity index (χ0) is 18.5. The summed E-state index contributed by atoms with van der Waals surface area (Å²) in [5.41, 5.74) is 4.11. The van der Waals surface area contributed by atoms with Gasteiger partial charge in [0.05, 0.1) is 0 Å². The van der Waals surface area contributed by atoms with E-state index in [4.69, 9.17) is 0 Å². The Balaban J connectivity index is 1.62. The molecule has 0 fully saturated rings. The quantitative estimate of drug-likeness (QED) is 0.862. The molecule has 0 radical (unpaired) electrons. The molecular weight excluding hydrogens is 326 g/mol. The summed E-state index contributed by atoms with van der Waals surface area (Å²) in [6.45, 7) is 7.13. The molecule has 26 heavy (non-hydrogen) atoms. The average molecular weight is 351 g/mol. The van der Waals surface area contributed by atoms with Crippen LogP contribution in [0.4, 0.5) is 11.4 Å². The summed E-state index contributed by atoms with van der Waals surface area (Å²) in [6.07, 6.45) is 0.785. The lowest BCUT2D eigenvalue weighted by Crippen LogP contribution is -2.42. The highest BCUT2D eigenvalue weighted by Crippen LogP contribution is 2.20. The van der Waals surface area contributed by atoms with E-state index in [2.05, 4.69) is 30.1 Å². The molecule has 0 spiro atoms. The van der Waals surface area contributed by atoms with Crippen LogP contribution in [-0.2, 0) is 22.6 Å². The molecule has 0 aromatic heterocycles. The van der Waals surface area contributed by atoms with Gasteiger partial charge in [0, 0.05) is 37.6 Å². The Morgan fingerprint density at radius 3 is 2.31 bits per heavy atom. The maximum Gasteiger partial charge on any atom is 0.313 e. The molecule has 1 N–H and O–H groups in total. The van der Waals surface area contributed by atoms with Crippen molar-refractivity contribution in [2.75, 3.05) is 29.9 Å². The number of nitrogens with zero attached hydrogens (tertiary/aromatic N) is 2. The summed E-state index contributed by atoms with van der Waals surface area (Å²) in [7, 11) is 0. The van der Waals surface area contributed by atoms with Gasteiger partial charge in [-0.2, -0.15) is 0 Å². The van der Waals surface area contributed by atoms with Gasteiger partial charge >= 0.3 is 11.8 Å². The minimum Gasteiger partial charge on any atom is -0.372 e. The first-order valence-corrected chi connectivity index (χ1v) is 9.14. The van der Waals surface area contributed by atoms with Crippen LogP contribution in [0.2, 0.25) is 0 Å². The number of benzene rings is 2. The Labute approximate surface area is 154 Å². The summed E-state index contributed by atoms with van der Waals surface area (Å²) in [5.74, 6) is -1.06. The first kappa shape index (κ1) is 18.0. The first-order valence-electron chi connectivity index (χ1n) is 9.14. The maximum atomic E-state index is 12.5. The van der Waals surface area contributed by atoms with Crippen molar-refractivity contribution in [3.8, 4) is 0 Å². The molecule has 0 unspecified atom stereocenters. The van der Waals surface area contributed by atoms with Crippen LogP contribution in [0, 0.1) is 0 Å². The third-order valence-corrected chi connectivity index (χ3v) is 4.87. The molecule has 0 saturated heterocycles. The van der Waals surface area contributed by atoms with E-state index in [0.29, 0.717) is 18.8 Å². The second-order valence-electron chi connectivity index (χ2n) is 6.42. The van der Waals surface area contributed by atoms with Crippen molar-refractivity contribution in [1.82, 2.24) is 4.90 Å². The smallest absolute Gasteiger partial charge is 0.313 e. The first-order chi connectivity index (χ1) is 12.6. The fourth-order valence-electron chi connectivity index (χ4n) is 3.34. The zero-order valence-electron chi connectivity index (χ0n) is 15.4. The average Bonchev–Trinajstić information content (AvgIpc) is 2.69. The molecule has 0 bridgehead atoms. The Hall–Kier alpha value is -2.82. The summed E-state index contributed by atoms with van der Waals surface area (Å²) >= 11 is 0. The van der Waals surface area contributed by atoms with Crippen molar-refractivity contribution in [3.63, 3.8) is 0 Å². The summed E-state index contributed by atoms with van der Waals surface area (Å²) in [6, 6.07) is 15.7. The fourth-order valence-corrected chi connectivity index (χ4v) is 3.34. The van der Waals surface area contributed by atoms with E-state index in [1.165, 1.54) is 5.56 Å². The van der Waals surface area contributed by atoms with Gasteiger partial charge in [-0.1, -0.05) is 24.3 Å². The lowest BCUT2D eigenvalue weighted by atomic mass is 10.00. The molecule has 0 atom stereocenters. The highest BCUT2D eigenvalue weighted by Gasteiger charge is 2.25. The number of carbonyl (C=O) groups excluding carboxylic acids is 2. The number of carbonyl (C=O) groups is 2. The zero-order valence-corrected chi connectivity index (χ0v) is 15.4. The Morgan fingerprint density at radius 1 is 1.00 bits per heavy atom. The third-order valence-electron chi connectivity index (χ3n) is 4.87. The van der Waals surface area contributed by atoms with Gasteiger partial charge < -0.3 is 15.1 Å².